The Hall–Kier alpha value is -1.25. The third-order valence-electron chi connectivity index (χ3n) is 4.82. The van der Waals surface area contributed by atoms with Gasteiger partial charge in [-0.25, -0.2) is 0 Å². The van der Waals surface area contributed by atoms with Gasteiger partial charge in [-0.3, -0.25) is 0 Å². The Morgan fingerprint density at radius 1 is 1.14 bits per heavy atom. The molecule has 0 bridgehead atoms. The van der Waals surface area contributed by atoms with E-state index in [0.717, 1.165) is 19.5 Å². The predicted octanol–water partition coefficient (Wildman–Crippen LogP) is 4.61. The standard InChI is InChI=1S/C19H26N2.ClH/c1-2-3-6-17-14-21(12-11-19(17)20)18-10-9-15-7-4-5-8-16(15)13-18;/h4-5,7-10,13,17,19H,2-3,6,11-12,14,20H2,1H3;1H/t17-,19-;/m1./s1. The van der Waals surface area contributed by atoms with Crippen LogP contribution in [-0.2, 0) is 0 Å². The Bertz CT molecular complexity index is 599. The van der Waals surface area contributed by atoms with Crippen LogP contribution < -0.4 is 10.6 Å². The van der Waals surface area contributed by atoms with E-state index in [1.54, 1.807) is 0 Å². The summed E-state index contributed by atoms with van der Waals surface area (Å²) in [7, 11) is 0. The van der Waals surface area contributed by atoms with Crippen LogP contribution in [0.3, 0.4) is 0 Å². The number of hydrogen-bond donors (Lipinski definition) is 1. The topological polar surface area (TPSA) is 29.3 Å². The highest BCUT2D eigenvalue weighted by molar-refractivity contribution is 5.86. The van der Waals surface area contributed by atoms with Crippen molar-refractivity contribution in [1.82, 2.24) is 0 Å². The third-order valence-corrected chi connectivity index (χ3v) is 4.82. The third kappa shape index (κ3) is 3.74. The molecule has 0 saturated carbocycles. The van der Waals surface area contributed by atoms with Crippen LogP contribution >= 0.6 is 12.4 Å². The minimum absolute atomic E-state index is 0. The van der Waals surface area contributed by atoms with Crippen molar-refractivity contribution in [3.8, 4) is 0 Å². The van der Waals surface area contributed by atoms with Crippen LogP contribution in [0.2, 0.25) is 0 Å². The predicted molar refractivity (Wildman–Crippen MR) is 99.0 cm³/mol. The maximum absolute atomic E-state index is 6.32. The number of anilines is 1. The van der Waals surface area contributed by atoms with Crippen LogP contribution in [0.1, 0.15) is 32.6 Å². The number of halogens is 1. The highest BCUT2D eigenvalue weighted by Gasteiger charge is 2.26. The van der Waals surface area contributed by atoms with E-state index in [0.29, 0.717) is 12.0 Å². The fourth-order valence-corrected chi connectivity index (χ4v) is 3.43. The minimum atomic E-state index is 0. The van der Waals surface area contributed by atoms with E-state index in [1.807, 2.05) is 0 Å². The normalized spacial score (nSPS) is 21.6. The molecule has 2 nitrogen and oxygen atoms in total. The smallest absolute Gasteiger partial charge is 0.0372 e. The zero-order valence-electron chi connectivity index (χ0n) is 13.4. The Balaban J connectivity index is 0.00000176. The van der Waals surface area contributed by atoms with Gasteiger partial charge < -0.3 is 10.6 Å². The Kier molecular flexibility index (Phi) is 6.10. The number of benzene rings is 2. The summed E-state index contributed by atoms with van der Waals surface area (Å²) in [5.74, 6) is 0.644. The molecule has 1 aliphatic rings. The second-order valence-electron chi connectivity index (χ2n) is 6.33. The van der Waals surface area contributed by atoms with Gasteiger partial charge in [-0.1, -0.05) is 50.1 Å². The van der Waals surface area contributed by atoms with Gasteiger partial charge >= 0.3 is 0 Å². The first-order chi connectivity index (χ1) is 10.3. The van der Waals surface area contributed by atoms with E-state index in [1.165, 1.54) is 35.7 Å². The first-order valence-corrected chi connectivity index (χ1v) is 8.27. The first-order valence-electron chi connectivity index (χ1n) is 8.27. The van der Waals surface area contributed by atoms with E-state index in [2.05, 4.69) is 54.3 Å². The van der Waals surface area contributed by atoms with Gasteiger partial charge in [0.25, 0.3) is 0 Å². The number of fused-ring (bicyclic) bond motifs is 1. The molecule has 2 N–H and O–H groups in total. The molecule has 0 radical (unpaired) electrons. The quantitative estimate of drug-likeness (QED) is 0.892. The van der Waals surface area contributed by atoms with Crippen molar-refractivity contribution in [1.29, 1.82) is 0 Å². The molecule has 0 amide bonds. The molecule has 0 unspecified atom stereocenters. The lowest BCUT2D eigenvalue weighted by atomic mass is 9.88. The Labute approximate surface area is 140 Å². The highest BCUT2D eigenvalue weighted by Crippen LogP contribution is 2.28. The zero-order chi connectivity index (χ0) is 14.7. The number of unbranched alkanes of at least 4 members (excludes halogenated alkanes) is 1. The SMILES string of the molecule is CCCC[C@@H]1CN(c2ccc3ccccc3c2)CC[C@H]1N.Cl. The van der Waals surface area contributed by atoms with E-state index in [-0.39, 0.29) is 12.4 Å². The van der Waals surface area contributed by atoms with Crippen LogP contribution in [0.4, 0.5) is 5.69 Å². The van der Waals surface area contributed by atoms with Crippen molar-refractivity contribution < 1.29 is 0 Å². The highest BCUT2D eigenvalue weighted by atomic mass is 35.5. The zero-order valence-corrected chi connectivity index (χ0v) is 14.2. The van der Waals surface area contributed by atoms with Crippen molar-refractivity contribution in [3.63, 3.8) is 0 Å². The van der Waals surface area contributed by atoms with Gasteiger partial charge in [0, 0.05) is 24.8 Å². The van der Waals surface area contributed by atoms with Crippen molar-refractivity contribution in [2.75, 3.05) is 18.0 Å². The Morgan fingerprint density at radius 3 is 2.68 bits per heavy atom. The van der Waals surface area contributed by atoms with E-state index in [4.69, 9.17) is 5.73 Å². The van der Waals surface area contributed by atoms with E-state index < -0.39 is 0 Å². The molecule has 22 heavy (non-hydrogen) atoms. The van der Waals surface area contributed by atoms with Crippen molar-refractivity contribution in [3.05, 3.63) is 42.5 Å². The average Bonchev–Trinajstić information content (AvgIpc) is 2.53. The fourth-order valence-electron chi connectivity index (χ4n) is 3.43. The van der Waals surface area contributed by atoms with Gasteiger partial charge in [0.1, 0.15) is 0 Å². The van der Waals surface area contributed by atoms with Crippen molar-refractivity contribution in [2.24, 2.45) is 11.7 Å². The molecule has 1 saturated heterocycles. The number of hydrogen-bond acceptors (Lipinski definition) is 2. The van der Waals surface area contributed by atoms with Gasteiger partial charge in [-0.2, -0.15) is 0 Å². The van der Waals surface area contributed by atoms with Crippen LogP contribution in [-0.4, -0.2) is 19.1 Å². The maximum atomic E-state index is 6.32. The molecule has 3 rings (SSSR count). The minimum Gasteiger partial charge on any atom is -0.371 e. The molecule has 1 aliphatic heterocycles. The molecule has 1 heterocycles. The molecule has 0 aliphatic carbocycles. The van der Waals surface area contributed by atoms with Crippen LogP contribution in [0.25, 0.3) is 10.8 Å². The number of nitrogens with zero attached hydrogens (tertiary/aromatic N) is 1. The summed E-state index contributed by atoms with van der Waals surface area (Å²) in [6.07, 6.45) is 4.94. The van der Waals surface area contributed by atoms with Gasteiger partial charge in [0.15, 0.2) is 0 Å². The summed E-state index contributed by atoms with van der Waals surface area (Å²) in [5.41, 5.74) is 7.67. The lowest BCUT2D eigenvalue weighted by Gasteiger charge is -2.38. The van der Waals surface area contributed by atoms with Gasteiger partial charge in [0.05, 0.1) is 0 Å². The summed E-state index contributed by atoms with van der Waals surface area (Å²) in [6.45, 7) is 4.46. The number of nitrogens with two attached hydrogens (primary N) is 1. The summed E-state index contributed by atoms with van der Waals surface area (Å²) in [6, 6.07) is 15.8. The summed E-state index contributed by atoms with van der Waals surface area (Å²) in [5, 5.41) is 2.65. The van der Waals surface area contributed by atoms with Gasteiger partial charge in [0.2, 0.25) is 0 Å². The molecule has 0 aromatic heterocycles. The van der Waals surface area contributed by atoms with Crippen LogP contribution in [0, 0.1) is 5.92 Å². The number of rotatable bonds is 4. The molecular weight excluding hydrogens is 292 g/mol. The van der Waals surface area contributed by atoms with Crippen molar-refractivity contribution >= 4 is 28.9 Å². The molecule has 2 aromatic rings. The second-order valence-corrected chi connectivity index (χ2v) is 6.33. The van der Waals surface area contributed by atoms with E-state index in [9.17, 15) is 0 Å². The van der Waals surface area contributed by atoms with Gasteiger partial charge in [-0.05, 0) is 41.7 Å². The lowest BCUT2D eigenvalue weighted by molar-refractivity contribution is 0.330. The van der Waals surface area contributed by atoms with Crippen LogP contribution in [0.5, 0.6) is 0 Å². The van der Waals surface area contributed by atoms with Gasteiger partial charge in [-0.15, -0.1) is 12.4 Å². The average molecular weight is 319 g/mol. The summed E-state index contributed by atoms with van der Waals surface area (Å²) >= 11 is 0. The monoisotopic (exact) mass is 318 g/mol. The second kappa shape index (κ2) is 7.85. The lowest BCUT2D eigenvalue weighted by Crippen LogP contribution is -2.47. The van der Waals surface area contributed by atoms with E-state index >= 15 is 0 Å². The summed E-state index contributed by atoms with van der Waals surface area (Å²) in [4.78, 5) is 2.52. The molecular formula is C19H27ClN2. The molecule has 0 spiro atoms. The van der Waals surface area contributed by atoms with Crippen molar-refractivity contribution in [2.45, 2.75) is 38.6 Å². The molecule has 120 valence electrons. The maximum Gasteiger partial charge on any atom is 0.0372 e. The molecule has 2 aromatic carbocycles. The number of piperidine rings is 1. The molecule has 3 heteroatoms. The largest absolute Gasteiger partial charge is 0.371 e. The molecule has 2 atom stereocenters. The Morgan fingerprint density at radius 2 is 1.91 bits per heavy atom. The fraction of sp³-hybridized carbons (Fsp3) is 0.474. The summed E-state index contributed by atoms with van der Waals surface area (Å²) < 4.78 is 0. The molecule has 1 fully saturated rings. The van der Waals surface area contributed by atoms with Crippen LogP contribution in [0.15, 0.2) is 42.5 Å². The first kappa shape index (κ1) is 17.1.